The average Bonchev–Trinajstić information content (AvgIpc) is 2.71. The molecular weight excluding hydrogens is 216 g/mol. The fraction of sp³-hybridized carbons (Fsp3) is 0.500. The monoisotopic (exact) mass is 236 g/mol. The molecule has 0 aliphatic carbocycles. The number of methoxy groups -OCH3 is 1. The van der Waals surface area contributed by atoms with Gasteiger partial charge in [-0.25, -0.2) is 4.79 Å². The summed E-state index contributed by atoms with van der Waals surface area (Å²) in [5.41, 5.74) is 0. The van der Waals surface area contributed by atoms with Crippen molar-refractivity contribution < 1.29 is 14.3 Å². The number of hydrogen-bond donors (Lipinski definition) is 0. The Morgan fingerprint density at radius 3 is 2.82 bits per heavy atom. The topological polar surface area (TPSA) is 35.5 Å². The number of hydrogen-bond acceptors (Lipinski definition) is 3. The first-order valence-electron chi connectivity index (χ1n) is 5.96. The molecule has 0 N–H and O–H groups in total. The summed E-state index contributed by atoms with van der Waals surface area (Å²) in [5, 5.41) is 0. The van der Waals surface area contributed by atoms with Gasteiger partial charge in [0.05, 0.1) is 0 Å². The van der Waals surface area contributed by atoms with E-state index < -0.39 is 5.79 Å². The molecule has 0 spiro atoms. The van der Waals surface area contributed by atoms with Crippen LogP contribution in [0.25, 0.3) is 0 Å². The van der Waals surface area contributed by atoms with Crippen LogP contribution in [0.15, 0.2) is 36.5 Å². The first-order valence-corrected chi connectivity index (χ1v) is 5.96. The number of cyclic esters (lactones) is 1. The van der Waals surface area contributed by atoms with Crippen molar-refractivity contribution >= 4 is 5.97 Å². The van der Waals surface area contributed by atoms with Gasteiger partial charge in [0.25, 0.3) is 0 Å². The van der Waals surface area contributed by atoms with Crippen LogP contribution in [-0.4, -0.2) is 18.9 Å². The molecule has 0 amide bonds. The van der Waals surface area contributed by atoms with Crippen LogP contribution < -0.4 is 0 Å². The summed E-state index contributed by atoms with van der Waals surface area (Å²) >= 11 is 0. The van der Waals surface area contributed by atoms with Crippen molar-refractivity contribution in [2.24, 2.45) is 0 Å². The number of unbranched alkanes of at least 4 members (excludes halogenated alkanes) is 1. The molecule has 0 aromatic heterocycles. The van der Waals surface area contributed by atoms with Crippen LogP contribution in [0.4, 0.5) is 0 Å². The maximum absolute atomic E-state index is 11.0. The van der Waals surface area contributed by atoms with Crippen LogP contribution in [0.1, 0.15) is 32.6 Å². The zero-order valence-corrected chi connectivity index (χ0v) is 10.5. The molecule has 0 bridgehead atoms. The quantitative estimate of drug-likeness (QED) is 0.387. The molecule has 0 saturated heterocycles. The second-order valence-electron chi connectivity index (χ2n) is 3.94. The van der Waals surface area contributed by atoms with E-state index in [0.717, 1.165) is 19.3 Å². The van der Waals surface area contributed by atoms with Crippen molar-refractivity contribution in [3.63, 3.8) is 0 Å². The maximum atomic E-state index is 11.0. The van der Waals surface area contributed by atoms with Crippen molar-refractivity contribution in [3.05, 3.63) is 36.5 Å². The molecule has 0 aromatic rings. The second kappa shape index (κ2) is 7.07. The smallest absolute Gasteiger partial charge is 0.333 e. The van der Waals surface area contributed by atoms with Gasteiger partial charge in [-0.15, -0.1) is 0 Å². The second-order valence-corrected chi connectivity index (χ2v) is 3.94. The van der Waals surface area contributed by atoms with E-state index >= 15 is 0 Å². The van der Waals surface area contributed by atoms with E-state index in [1.165, 1.54) is 6.08 Å². The number of carbonyl (C=O) groups is 1. The van der Waals surface area contributed by atoms with E-state index in [9.17, 15) is 4.79 Å². The van der Waals surface area contributed by atoms with Crippen molar-refractivity contribution in [2.45, 2.75) is 38.4 Å². The fourth-order valence-corrected chi connectivity index (χ4v) is 1.67. The van der Waals surface area contributed by atoms with Crippen LogP contribution in [0, 0.1) is 0 Å². The largest absolute Gasteiger partial charge is 0.426 e. The first-order chi connectivity index (χ1) is 8.22. The molecule has 0 radical (unpaired) electrons. The molecule has 1 aliphatic rings. The first kappa shape index (κ1) is 13.7. The van der Waals surface area contributed by atoms with E-state index in [2.05, 4.69) is 18.2 Å². The van der Waals surface area contributed by atoms with Crippen LogP contribution in [0.3, 0.4) is 0 Å². The predicted octanol–water partition coefficient (Wildman–Crippen LogP) is 3.13. The standard InChI is InChI=1S/C14H20O3/c1-3-4-5-6-7-8-9-11-14(16-2)12-10-13(15)17-14/h3-4,6-7,10,12H,5,8-9,11H2,1-2H3/b4-3+,7-6+/t14-/m0/s1. The Morgan fingerprint density at radius 1 is 1.41 bits per heavy atom. The van der Waals surface area contributed by atoms with Gasteiger partial charge in [-0.2, -0.15) is 0 Å². The van der Waals surface area contributed by atoms with E-state index in [-0.39, 0.29) is 5.97 Å². The van der Waals surface area contributed by atoms with E-state index in [4.69, 9.17) is 9.47 Å². The highest BCUT2D eigenvalue weighted by atomic mass is 16.7. The Balaban J connectivity index is 2.23. The molecule has 1 aliphatic heterocycles. The third-order valence-corrected chi connectivity index (χ3v) is 2.66. The molecule has 1 rings (SSSR count). The van der Waals surface area contributed by atoms with Crippen molar-refractivity contribution in [1.82, 2.24) is 0 Å². The van der Waals surface area contributed by atoms with Gasteiger partial charge in [0.15, 0.2) is 0 Å². The predicted molar refractivity (Wildman–Crippen MR) is 67.4 cm³/mol. The summed E-state index contributed by atoms with van der Waals surface area (Å²) in [6.45, 7) is 2.01. The molecule has 1 atom stereocenters. The van der Waals surface area contributed by atoms with Crippen LogP contribution in [-0.2, 0) is 14.3 Å². The van der Waals surface area contributed by atoms with Crippen molar-refractivity contribution in [1.29, 1.82) is 0 Å². The average molecular weight is 236 g/mol. The minimum absolute atomic E-state index is 0.324. The highest BCUT2D eigenvalue weighted by Crippen LogP contribution is 2.26. The number of carbonyl (C=O) groups excluding carboxylic acids is 1. The Morgan fingerprint density at radius 2 is 2.24 bits per heavy atom. The minimum atomic E-state index is -0.825. The molecule has 3 nitrogen and oxygen atoms in total. The molecule has 0 aromatic carbocycles. The van der Waals surface area contributed by atoms with Gasteiger partial charge >= 0.3 is 5.97 Å². The zero-order valence-electron chi connectivity index (χ0n) is 10.5. The maximum Gasteiger partial charge on any atom is 0.333 e. The molecule has 0 fully saturated rings. The number of esters is 1. The summed E-state index contributed by atoms with van der Waals surface area (Å²) in [6.07, 6.45) is 15.1. The third kappa shape index (κ3) is 4.57. The van der Waals surface area contributed by atoms with E-state index in [1.54, 1.807) is 13.2 Å². The van der Waals surface area contributed by atoms with Gasteiger partial charge in [-0.1, -0.05) is 24.3 Å². The Hall–Kier alpha value is -1.35. The number of allylic oxidation sites excluding steroid dienone is 4. The van der Waals surface area contributed by atoms with Gasteiger partial charge < -0.3 is 9.47 Å². The normalized spacial score (nSPS) is 24.0. The summed E-state index contributed by atoms with van der Waals surface area (Å²) in [5.74, 6) is -1.15. The minimum Gasteiger partial charge on any atom is -0.426 e. The highest BCUT2D eigenvalue weighted by Gasteiger charge is 2.34. The fourth-order valence-electron chi connectivity index (χ4n) is 1.67. The Kier molecular flexibility index (Phi) is 5.70. The lowest BCUT2D eigenvalue weighted by atomic mass is 10.1. The lowest BCUT2D eigenvalue weighted by Gasteiger charge is -2.24. The van der Waals surface area contributed by atoms with Gasteiger partial charge in [0, 0.05) is 19.6 Å². The van der Waals surface area contributed by atoms with Gasteiger partial charge in [-0.05, 0) is 32.3 Å². The van der Waals surface area contributed by atoms with Gasteiger partial charge in [0.1, 0.15) is 0 Å². The van der Waals surface area contributed by atoms with E-state index in [0.29, 0.717) is 6.42 Å². The molecule has 3 heteroatoms. The summed E-state index contributed by atoms with van der Waals surface area (Å²) in [4.78, 5) is 11.0. The molecule has 0 unspecified atom stereocenters. The third-order valence-electron chi connectivity index (χ3n) is 2.66. The zero-order chi connectivity index (χ0) is 12.6. The van der Waals surface area contributed by atoms with Crippen LogP contribution in [0.5, 0.6) is 0 Å². The van der Waals surface area contributed by atoms with Gasteiger partial charge in [-0.3, -0.25) is 0 Å². The van der Waals surface area contributed by atoms with Crippen LogP contribution in [0.2, 0.25) is 0 Å². The summed E-state index contributed by atoms with van der Waals surface area (Å²) < 4.78 is 10.4. The summed E-state index contributed by atoms with van der Waals surface area (Å²) in [6, 6.07) is 0. The van der Waals surface area contributed by atoms with Gasteiger partial charge in [0.2, 0.25) is 5.79 Å². The Bertz CT molecular complexity index is 328. The molecule has 17 heavy (non-hydrogen) atoms. The molecule has 0 saturated carbocycles. The van der Waals surface area contributed by atoms with Crippen molar-refractivity contribution in [3.8, 4) is 0 Å². The molecule has 94 valence electrons. The van der Waals surface area contributed by atoms with Crippen molar-refractivity contribution in [2.75, 3.05) is 7.11 Å². The van der Waals surface area contributed by atoms with E-state index in [1.807, 2.05) is 13.0 Å². The lowest BCUT2D eigenvalue weighted by molar-refractivity contribution is -0.190. The SMILES string of the molecule is C/C=C/C/C=C/CCC[C@@]1(OC)C=CC(=O)O1. The lowest BCUT2D eigenvalue weighted by Crippen LogP contribution is -2.30. The molecule has 1 heterocycles. The Labute approximate surface area is 103 Å². The van der Waals surface area contributed by atoms with Crippen LogP contribution >= 0.6 is 0 Å². The number of ether oxygens (including phenoxy) is 2. The molecular formula is C14H20O3. The summed E-state index contributed by atoms with van der Waals surface area (Å²) in [7, 11) is 1.56. The highest BCUT2D eigenvalue weighted by molar-refractivity contribution is 5.84. The number of rotatable bonds is 7.